The molecule has 11 nitrogen and oxygen atoms in total. The first-order valence-electron chi connectivity index (χ1n) is 11.6. The van der Waals surface area contributed by atoms with Crippen molar-refractivity contribution in [2.24, 2.45) is 5.73 Å². The minimum atomic E-state index is -1.32. The van der Waals surface area contributed by atoms with Gasteiger partial charge in [-0.15, -0.1) is 0 Å². The lowest BCUT2D eigenvalue weighted by molar-refractivity contribution is -0.133. The molecule has 11 heteroatoms. The minimum absolute atomic E-state index is 0.154. The SMILES string of the molecule is C[C@@H](O)[C@H](NC(=O)c1ccc(-c2ccc(NC(=O)[C@@H](N)Cc3ccc(C(=O)O)cc3)cc2)cc1)C(=O)NO. The summed E-state index contributed by atoms with van der Waals surface area (Å²) in [6.07, 6.45) is -0.976. The number of nitrogens with two attached hydrogens (primary N) is 1. The van der Waals surface area contributed by atoms with Crippen LogP contribution in [-0.2, 0) is 16.0 Å². The van der Waals surface area contributed by atoms with E-state index in [4.69, 9.17) is 16.0 Å². The van der Waals surface area contributed by atoms with Crippen LogP contribution in [0.1, 0.15) is 33.2 Å². The van der Waals surface area contributed by atoms with E-state index in [1.165, 1.54) is 24.5 Å². The molecule has 0 bridgehead atoms. The summed E-state index contributed by atoms with van der Waals surface area (Å²) in [6.45, 7) is 1.31. The van der Waals surface area contributed by atoms with E-state index in [0.29, 0.717) is 5.69 Å². The van der Waals surface area contributed by atoms with Crippen molar-refractivity contribution in [3.05, 3.63) is 89.5 Å². The van der Waals surface area contributed by atoms with Crippen LogP contribution < -0.4 is 21.8 Å². The number of aliphatic hydroxyl groups excluding tert-OH is 1. The fourth-order valence-corrected chi connectivity index (χ4v) is 3.62. The molecule has 38 heavy (non-hydrogen) atoms. The third-order valence-electron chi connectivity index (χ3n) is 5.79. The van der Waals surface area contributed by atoms with Gasteiger partial charge in [0, 0.05) is 11.3 Å². The number of nitrogens with one attached hydrogen (secondary N) is 3. The van der Waals surface area contributed by atoms with Crippen molar-refractivity contribution in [1.29, 1.82) is 0 Å². The molecule has 0 spiro atoms. The van der Waals surface area contributed by atoms with Crippen molar-refractivity contribution in [1.82, 2.24) is 10.8 Å². The number of hydrogen-bond donors (Lipinski definition) is 7. The number of carboxylic acid groups (broad SMARTS) is 1. The molecule has 0 aliphatic carbocycles. The lowest BCUT2D eigenvalue weighted by Gasteiger charge is -2.19. The summed E-state index contributed by atoms with van der Waals surface area (Å²) in [5, 5.41) is 32.5. The zero-order valence-electron chi connectivity index (χ0n) is 20.4. The molecule has 0 aliphatic rings. The van der Waals surface area contributed by atoms with Crippen LogP contribution in [0.4, 0.5) is 5.69 Å². The molecule has 3 aromatic rings. The van der Waals surface area contributed by atoms with Gasteiger partial charge >= 0.3 is 5.97 Å². The van der Waals surface area contributed by atoms with Crippen LogP contribution in [-0.4, -0.2) is 57.3 Å². The number of rotatable bonds is 10. The number of hydrogen-bond acceptors (Lipinski definition) is 7. The number of anilines is 1. The summed E-state index contributed by atoms with van der Waals surface area (Å²) in [6, 6.07) is 17.5. The second-order valence-corrected chi connectivity index (χ2v) is 8.62. The summed E-state index contributed by atoms with van der Waals surface area (Å²) >= 11 is 0. The van der Waals surface area contributed by atoms with Gasteiger partial charge < -0.3 is 26.6 Å². The van der Waals surface area contributed by atoms with Crippen LogP contribution >= 0.6 is 0 Å². The van der Waals surface area contributed by atoms with Gasteiger partial charge in [-0.25, -0.2) is 10.3 Å². The molecule has 0 saturated carbocycles. The highest BCUT2D eigenvalue weighted by molar-refractivity contribution is 5.98. The van der Waals surface area contributed by atoms with Crippen molar-refractivity contribution in [3.63, 3.8) is 0 Å². The van der Waals surface area contributed by atoms with Crippen molar-refractivity contribution >= 4 is 29.4 Å². The molecule has 3 aromatic carbocycles. The monoisotopic (exact) mass is 520 g/mol. The second kappa shape index (κ2) is 12.6. The molecular weight excluding hydrogens is 492 g/mol. The molecule has 0 radical (unpaired) electrons. The van der Waals surface area contributed by atoms with Crippen LogP contribution in [0.25, 0.3) is 11.1 Å². The number of hydroxylamine groups is 1. The Morgan fingerprint density at radius 2 is 1.34 bits per heavy atom. The van der Waals surface area contributed by atoms with Gasteiger partial charge in [-0.3, -0.25) is 19.6 Å². The van der Waals surface area contributed by atoms with Gasteiger partial charge in [-0.1, -0.05) is 36.4 Å². The summed E-state index contributed by atoms with van der Waals surface area (Å²) < 4.78 is 0. The zero-order chi connectivity index (χ0) is 27.8. The summed E-state index contributed by atoms with van der Waals surface area (Å²) in [4.78, 5) is 47.5. The third kappa shape index (κ3) is 7.23. The fourth-order valence-electron chi connectivity index (χ4n) is 3.62. The molecule has 0 fully saturated rings. The maximum atomic E-state index is 12.5. The Hall–Kier alpha value is -4.58. The minimum Gasteiger partial charge on any atom is -0.478 e. The molecule has 198 valence electrons. The summed E-state index contributed by atoms with van der Waals surface area (Å²) in [5.41, 5.74) is 10.7. The number of aromatic carboxylic acids is 1. The van der Waals surface area contributed by atoms with Gasteiger partial charge in [0.25, 0.3) is 11.8 Å². The van der Waals surface area contributed by atoms with E-state index in [0.717, 1.165) is 16.7 Å². The Balaban J connectivity index is 1.59. The maximum Gasteiger partial charge on any atom is 0.335 e. The molecule has 0 unspecified atom stereocenters. The molecule has 3 atom stereocenters. The van der Waals surface area contributed by atoms with E-state index < -0.39 is 36.0 Å². The number of carbonyl (C=O) groups is 4. The van der Waals surface area contributed by atoms with Crippen molar-refractivity contribution in [2.75, 3.05) is 5.32 Å². The van der Waals surface area contributed by atoms with E-state index in [1.807, 2.05) is 0 Å². The van der Waals surface area contributed by atoms with Crippen LogP contribution in [0.15, 0.2) is 72.8 Å². The second-order valence-electron chi connectivity index (χ2n) is 8.62. The molecular formula is C27H28N4O7. The largest absolute Gasteiger partial charge is 0.478 e. The average molecular weight is 521 g/mol. The van der Waals surface area contributed by atoms with E-state index in [9.17, 15) is 24.3 Å². The predicted molar refractivity (Wildman–Crippen MR) is 138 cm³/mol. The number of carbonyl (C=O) groups excluding carboxylic acids is 3. The maximum absolute atomic E-state index is 12.5. The van der Waals surface area contributed by atoms with E-state index in [-0.39, 0.29) is 23.5 Å². The number of amides is 3. The third-order valence-corrected chi connectivity index (χ3v) is 5.79. The van der Waals surface area contributed by atoms with Gasteiger partial charge in [0.15, 0.2) is 0 Å². The van der Waals surface area contributed by atoms with Crippen molar-refractivity contribution < 1.29 is 34.6 Å². The van der Waals surface area contributed by atoms with E-state index >= 15 is 0 Å². The van der Waals surface area contributed by atoms with Crippen LogP contribution in [0.2, 0.25) is 0 Å². The van der Waals surface area contributed by atoms with Crippen molar-refractivity contribution in [3.8, 4) is 11.1 Å². The van der Waals surface area contributed by atoms with Crippen LogP contribution in [0, 0.1) is 0 Å². The number of aliphatic hydroxyl groups is 1. The quantitative estimate of drug-likeness (QED) is 0.155. The molecule has 0 aliphatic heterocycles. The Morgan fingerprint density at radius 3 is 1.84 bits per heavy atom. The Morgan fingerprint density at radius 1 is 0.816 bits per heavy atom. The van der Waals surface area contributed by atoms with Crippen LogP contribution in [0.5, 0.6) is 0 Å². The first-order valence-corrected chi connectivity index (χ1v) is 11.6. The lowest BCUT2D eigenvalue weighted by Crippen LogP contribution is -2.51. The van der Waals surface area contributed by atoms with E-state index in [1.54, 1.807) is 60.7 Å². The molecule has 3 amide bonds. The first-order chi connectivity index (χ1) is 18.1. The van der Waals surface area contributed by atoms with Gasteiger partial charge in [0.1, 0.15) is 6.04 Å². The average Bonchev–Trinajstić information content (AvgIpc) is 2.91. The highest BCUT2D eigenvalue weighted by Crippen LogP contribution is 2.22. The highest BCUT2D eigenvalue weighted by Gasteiger charge is 2.25. The normalized spacial score (nSPS) is 13.1. The zero-order valence-corrected chi connectivity index (χ0v) is 20.4. The standard InChI is InChI=1S/C27H28N4O7/c1-15(32)23(26(35)31-38)30-24(33)19-8-6-17(7-9-19)18-10-12-21(13-11-18)29-25(34)22(28)14-16-2-4-20(5-3-16)27(36)37/h2-13,15,22-23,32,38H,14,28H2,1H3,(H,29,34)(H,30,33)(H,31,35)(H,36,37)/t15-,22+,23+/m1/s1. The Kier molecular flexibility index (Phi) is 9.28. The first kappa shape index (κ1) is 28.0. The molecule has 0 heterocycles. The fraction of sp³-hybridized carbons (Fsp3) is 0.185. The Bertz CT molecular complexity index is 1290. The highest BCUT2D eigenvalue weighted by atomic mass is 16.5. The number of carboxylic acids is 1. The van der Waals surface area contributed by atoms with E-state index in [2.05, 4.69) is 10.6 Å². The molecule has 0 aromatic heterocycles. The van der Waals surface area contributed by atoms with Crippen LogP contribution in [0.3, 0.4) is 0 Å². The molecule has 0 saturated heterocycles. The lowest BCUT2D eigenvalue weighted by atomic mass is 10.0. The predicted octanol–water partition coefficient (Wildman–Crippen LogP) is 1.54. The van der Waals surface area contributed by atoms with Gasteiger partial charge in [0.05, 0.1) is 17.7 Å². The topological polar surface area (TPSA) is 191 Å². The van der Waals surface area contributed by atoms with Gasteiger partial charge in [-0.05, 0) is 66.4 Å². The van der Waals surface area contributed by atoms with Gasteiger partial charge in [-0.2, -0.15) is 0 Å². The molecule has 3 rings (SSSR count). The van der Waals surface area contributed by atoms with Crippen molar-refractivity contribution in [2.45, 2.75) is 31.5 Å². The Labute approximate surface area is 218 Å². The smallest absolute Gasteiger partial charge is 0.335 e. The molecule has 8 N–H and O–H groups in total. The number of benzene rings is 3. The summed E-state index contributed by atoms with van der Waals surface area (Å²) in [7, 11) is 0. The summed E-state index contributed by atoms with van der Waals surface area (Å²) in [5.74, 6) is -2.95. The van der Waals surface area contributed by atoms with Gasteiger partial charge in [0.2, 0.25) is 5.91 Å².